The van der Waals surface area contributed by atoms with E-state index in [9.17, 15) is 18.4 Å². The number of carbonyl (C=O) groups is 2. The minimum Gasteiger partial charge on any atom is -0.455 e. The maximum Gasteiger partial charge on any atom is 0.316 e. The largest absolute Gasteiger partial charge is 0.455 e. The molecule has 1 aromatic carbocycles. The molecule has 0 bridgehead atoms. The Labute approximate surface area is 142 Å². The highest BCUT2D eigenvalue weighted by atomic mass is 32.2. The van der Waals surface area contributed by atoms with E-state index in [4.69, 9.17) is 10.00 Å². The molecule has 1 amide bonds. The van der Waals surface area contributed by atoms with Crippen molar-refractivity contribution in [3.8, 4) is 6.07 Å². The number of benzene rings is 1. The number of thioether (sulfide) groups is 1. The highest BCUT2D eigenvalue weighted by molar-refractivity contribution is 8.00. The molecule has 0 aromatic heterocycles. The number of carbonyl (C=O) groups excluding carboxylic acids is 2. The van der Waals surface area contributed by atoms with Crippen LogP contribution in [0.4, 0.5) is 8.78 Å². The first kappa shape index (κ1) is 18.2. The molecule has 0 unspecified atom stereocenters. The van der Waals surface area contributed by atoms with Crippen molar-refractivity contribution >= 4 is 23.6 Å². The number of amides is 1. The standard InChI is InChI=1S/C16H16F2N2O3S/c1-16(9-19,10-2-3-10)20-14(21)7-23-15(22)8-24-13-6-11(17)4-5-12(13)18/h4-6,10H,2-3,7-8H2,1H3,(H,20,21)/t16-/m1/s1. The van der Waals surface area contributed by atoms with Crippen molar-refractivity contribution in [3.05, 3.63) is 29.8 Å². The second-order valence-corrected chi connectivity index (χ2v) is 6.68. The molecule has 1 aromatic rings. The van der Waals surface area contributed by atoms with Gasteiger partial charge in [0.15, 0.2) is 6.61 Å². The number of nitriles is 1. The molecule has 1 saturated carbocycles. The van der Waals surface area contributed by atoms with Crippen LogP contribution in [-0.4, -0.2) is 29.8 Å². The monoisotopic (exact) mass is 354 g/mol. The van der Waals surface area contributed by atoms with E-state index in [0.29, 0.717) is 0 Å². The van der Waals surface area contributed by atoms with E-state index < -0.39 is 35.7 Å². The molecule has 0 heterocycles. The summed E-state index contributed by atoms with van der Waals surface area (Å²) in [5, 5.41) is 11.7. The first-order chi connectivity index (χ1) is 11.3. The van der Waals surface area contributed by atoms with Crippen LogP contribution in [0.3, 0.4) is 0 Å². The maximum atomic E-state index is 13.4. The fraction of sp³-hybridized carbons (Fsp3) is 0.438. The van der Waals surface area contributed by atoms with Gasteiger partial charge in [-0.1, -0.05) is 0 Å². The first-order valence-electron chi connectivity index (χ1n) is 7.30. The van der Waals surface area contributed by atoms with E-state index in [0.717, 1.165) is 42.8 Å². The number of ether oxygens (including phenoxy) is 1. The lowest BCUT2D eigenvalue weighted by Gasteiger charge is -2.22. The summed E-state index contributed by atoms with van der Waals surface area (Å²) in [6, 6.07) is 4.99. The third-order valence-corrected chi connectivity index (χ3v) is 4.63. The number of halogens is 2. The van der Waals surface area contributed by atoms with Gasteiger partial charge in [0.1, 0.15) is 17.2 Å². The van der Waals surface area contributed by atoms with Crippen LogP contribution >= 0.6 is 11.8 Å². The number of hydrogen-bond donors (Lipinski definition) is 1. The fourth-order valence-corrected chi connectivity index (χ4v) is 2.88. The molecule has 0 saturated heterocycles. The average molecular weight is 354 g/mol. The van der Waals surface area contributed by atoms with Gasteiger partial charge in [0.05, 0.1) is 11.8 Å². The van der Waals surface area contributed by atoms with Crippen molar-refractivity contribution in [1.82, 2.24) is 5.32 Å². The third-order valence-electron chi connectivity index (χ3n) is 3.63. The van der Waals surface area contributed by atoms with Crippen LogP contribution in [0, 0.1) is 28.9 Å². The Morgan fingerprint density at radius 3 is 2.79 bits per heavy atom. The van der Waals surface area contributed by atoms with Gasteiger partial charge in [-0.2, -0.15) is 5.26 Å². The Bertz CT molecular complexity index is 688. The van der Waals surface area contributed by atoms with Gasteiger partial charge < -0.3 is 10.1 Å². The number of esters is 1. The van der Waals surface area contributed by atoms with Gasteiger partial charge in [-0.15, -0.1) is 11.8 Å². The summed E-state index contributed by atoms with van der Waals surface area (Å²) in [6.07, 6.45) is 1.75. The molecule has 2 rings (SSSR count). The van der Waals surface area contributed by atoms with Crippen LogP contribution in [0.2, 0.25) is 0 Å². The molecule has 128 valence electrons. The zero-order valence-corrected chi connectivity index (χ0v) is 13.8. The van der Waals surface area contributed by atoms with Crippen LogP contribution in [-0.2, 0) is 14.3 Å². The molecule has 8 heteroatoms. The van der Waals surface area contributed by atoms with E-state index in [1.165, 1.54) is 0 Å². The number of rotatable bonds is 7. The predicted octanol–water partition coefficient (Wildman–Crippen LogP) is 2.41. The molecule has 24 heavy (non-hydrogen) atoms. The third kappa shape index (κ3) is 4.93. The number of nitrogens with one attached hydrogen (secondary N) is 1. The Balaban J connectivity index is 1.76. The van der Waals surface area contributed by atoms with Crippen molar-refractivity contribution < 1.29 is 23.1 Å². The lowest BCUT2D eigenvalue weighted by Crippen LogP contribution is -2.48. The molecule has 0 spiro atoms. The molecular weight excluding hydrogens is 338 g/mol. The molecule has 0 aliphatic heterocycles. The smallest absolute Gasteiger partial charge is 0.316 e. The minimum atomic E-state index is -0.955. The first-order valence-corrected chi connectivity index (χ1v) is 8.28. The zero-order chi connectivity index (χ0) is 17.7. The molecule has 1 aliphatic carbocycles. The quantitative estimate of drug-likeness (QED) is 0.601. The van der Waals surface area contributed by atoms with Crippen molar-refractivity contribution in [3.63, 3.8) is 0 Å². The Hall–Kier alpha value is -2.14. The molecule has 0 radical (unpaired) electrons. The summed E-state index contributed by atoms with van der Waals surface area (Å²) >= 11 is 0.780. The van der Waals surface area contributed by atoms with Crippen molar-refractivity contribution in [1.29, 1.82) is 5.26 Å². The maximum absolute atomic E-state index is 13.4. The van der Waals surface area contributed by atoms with Gasteiger partial charge in [0, 0.05) is 4.90 Å². The van der Waals surface area contributed by atoms with Crippen LogP contribution in [0.25, 0.3) is 0 Å². The van der Waals surface area contributed by atoms with Gasteiger partial charge >= 0.3 is 5.97 Å². The molecule has 1 atom stereocenters. The van der Waals surface area contributed by atoms with Gasteiger partial charge in [-0.25, -0.2) is 8.78 Å². The second-order valence-electron chi connectivity index (χ2n) is 5.66. The highest BCUT2D eigenvalue weighted by Crippen LogP contribution is 2.39. The van der Waals surface area contributed by atoms with Gasteiger partial charge in [-0.3, -0.25) is 9.59 Å². The molecular formula is C16H16F2N2O3S. The summed E-state index contributed by atoms with van der Waals surface area (Å²) < 4.78 is 31.2. The number of hydrogen-bond acceptors (Lipinski definition) is 5. The topological polar surface area (TPSA) is 79.2 Å². The average Bonchev–Trinajstić information content (AvgIpc) is 3.39. The van der Waals surface area contributed by atoms with Crippen LogP contribution in [0.15, 0.2) is 23.1 Å². The van der Waals surface area contributed by atoms with Gasteiger partial charge in [0.2, 0.25) is 0 Å². The summed E-state index contributed by atoms with van der Waals surface area (Å²) in [4.78, 5) is 23.4. The van der Waals surface area contributed by atoms with Crippen molar-refractivity contribution in [2.24, 2.45) is 5.92 Å². The number of nitrogens with zero attached hydrogens (tertiary/aromatic N) is 1. The molecule has 1 N–H and O–H groups in total. The van der Waals surface area contributed by atoms with E-state index in [-0.39, 0.29) is 16.6 Å². The van der Waals surface area contributed by atoms with E-state index >= 15 is 0 Å². The molecule has 1 fully saturated rings. The van der Waals surface area contributed by atoms with E-state index in [1.54, 1.807) is 6.92 Å². The summed E-state index contributed by atoms with van der Waals surface area (Å²) in [5.74, 6) is -2.69. The SMILES string of the molecule is C[C@](C#N)(NC(=O)COC(=O)CSc1cc(F)ccc1F)C1CC1. The second kappa shape index (κ2) is 7.62. The molecule has 1 aliphatic rings. The normalized spacial score (nSPS) is 15.9. The van der Waals surface area contributed by atoms with Crippen molar-refractivity contribution in [2.45, 2.75) is 30.2 Å². The minimum absolute atomic E-state index is 0.0119. The van der Waals surface area contributed by atoms with E-state index in [2.05, 4.69) is 11.4 Å². The summed E-state index contributed by atoms with van der Waals surface area (Å²) in [6.45, 7) is 1.11. The Morgan fingerprint density at radius 2 is 2.17 bits per heavy atom. The van der Waals surface area contributed by atoms with Crippen LogP contribution in [0.1, 0.15) is 19.8 Å². The lowest BCUT2D eigenvalue weighted by atomic mass is 9.98. The molecule has 5 nitrogen and oxygen atoms in total. The zero-order valence-electron chi connectivity index (χ0n) is 13.0. The highest BCUT2D eigenvalue weighted by Gasteiger charge is 2.43. The fourth-order valence-electron chi connectivity index (χ4n) is 2.12. The Kier molecular flexibility index (Phi) is 5.78. The lowest BCUT2D eigenvalue weighted by molar-refractivity contribution is -0.146. The van der Waals surface area contributed by atoms with E-state index in [1.807, 2.05) is 0 Å². The predicted molar refractivity (Wildman–Crippen MR) is 82.9 cm³/mol. The van der Waals surface area contributed by atoms with Crippen LogP contribution in [0.5, 0.6) is 0 Å². The van der Waals surface area contributed by atoms with Crippen LogP contribution < -0.4 is 5.32 Å². The Morgan fingerprint density at radius 1 is 1.46 bits per heavy atom. The van der Waals surface area contributed by atoms with Crippen molar-refractivity contribution in [2.75, 3.05) is 12.4 Å². The van der Waals surface area contributed by atoms with Gasteiger partial charge in [0.25, 0.3) is 5.91 Å². The summed E-state index contributed by atoms with van der Waals surface area (Å²) in [7, 11) is 0. The summed E-state index contributed by atoms with van der Waals surface area (Å²) in [5.41, 5.74) is -0.955. The van der Waals surface area contributed by atoms with Gasteiger partial charge in [-0.05, 0) is 43.9 Å².